The molecule has 5 heteroatoms. The monoisotopic (exact) mass is 324 g/mol. The van der Waals surface area contributed by atoms with Crippen LogP contribution in [0, 0.1) is 11.8 Å². The van der Waals surface area contributed by atoms with Crippen molar-refractivity contribution in [1.29, 1.82) is 0 Å². The SMILES string of the molecule is CC(C(=O)N(C)Cc1csc2ccccc12)C1CNC1.Cl. The summed E-state index contributed by atoms with van der Waals surface area (Å²) >= 11 is 1.75. The van der Waals surface area contributed by atoms with Crippen LogP contribution in [0.5, 0.6) is 0 Å². The van der Waals surface area contributed by atoms with E-state index in [0.717, 1.165) is 13.1 Å². The molecule has 0 bridgehead atoms. The van der Waals surface area contributed by atoms with Gasteiger partial charge in [-0.05, 0) is 41.4 Å². The number of hydrogen-bond donors (Lipinski definition) is 1. The van der Waals surface area contributed by atoms with Gasteiger partial charge in [0.25, 0.3) is 0 Å². The number of fused-ring (bicyclic) bond motifs is 1. The number of halogens is 1. The summed E-state index contributed by atoms with van der Waals surface area (Å²) < 4.78 is 1.29. The zero-order valence-corrected chi connectivity index (χ0v) is 14.0. The Morgan fingerprint density at radius 2 is 2.14 bits per heavy atom. The first-order chi connectivity index (χ1) is 9.66. The Morgan fingerprint density at radius 1 is 1.43 bits per heavy atom. The highest BCUT2D eigenvalue weighted by Crippen LogP contribution is 2.27. The third-order valence-electron chi connectivity index (χ3n) is 4.25. The van der Waals surface area contributed by atoms with Gasteiger partial charge < -0.3 is 10.2 Å². The number of carbonyl (C=O) groups excluding carboxylic acids is 1. The largest absolute Gasteiger partial charge is 0.341 e. The molecule has 0 spiro atoms. The van der Waals surface area contributed by atoms with Gasteiger partial charge in [-0.1, -0.05) is 25.1 Å². The molecule has 0 radical (unpaired) electrons. The number of hydrogen-bond acceptors (Lipinski definition) is 3. The second kappa shape index (κ2) is 6.77. The molecule has 3 rings (SSSR count). The van der Waals surface area contributed by atoms with E-state index in [-0.39, 0.29) is 24.2 Å². The molecule has 1 aromatic heterocycles. The molecule has 1 aromatic carbocycles. The second-order valence-corrected chi connectivity index (χ2v) is 6.57. The minimum Gasteiger partial charge on any atom is -0.341 e. The van der Waals surface area contributed by atoms with Gasteiger partial charge in [-0.3, -0.25) is 4.79 Å². The molecule has 1 saturated heterocycles. The van der Waals surface area contributed by atoms with E-state index in [2.05, 4.69) is 41.9 Å². The quantitative estimate of drug-likeness (QED) is 0.937. The van der Waals surface area contributed by atoms with Crippen molar-refractivity contribution in [2.24, 2.45) is 11.8 Å². The van der Waals surface area contributed by atoms with Gasteiger partial charge in [0.05, 0.1) is 0 Å². The van der Waals surface area contributed by atoms with E-state index >= 15 is 0 Å². The van der Waals surface area contributed by atoms with Gasteiger partial charge in [-0.2, -0.15) is 0 Å². The maximum absolute atomic E-state index is 12.4. The highest BCUT2D eigenvalue weighted by molar-refractivity contribution is 7.17. The lowest BCUT2D eigenvalue weighted by Gasteiger charge is -2.33. The first-order valence-corrected chi connectivity index (χ1v) is 7.95. The lowest BCUT2D eigenvalue weighted by Crippen LogP contribution is -2.49. The van der Waals surface area contributed by atoms with Crippen molar-refractivity contribution in [2.75, 3.05) is 20.1 Å². The predicted molar refractivity (Wildman–Crippen MR) is 91.1 cm³/mol. The van der Waals surface area contributed by atoms with Crippen LogP contribution in [0.2, 0.25) is 0 Å². The summed E-state index contributed by atoms with van der Waals surface area (Å²) in [5.74, 6) is 0.877. The highest BCUT2D eigenvalue weighted by atomic mass is 35.5. The van der Waals surface area contributed by atoms with Crippen LogP contribution in [0.3, 0.4) is 0 Å². The fraction of sp³-hybridized carbons (Fsp3) is 0.438. The highest BCUT2D eigenvalue weighted by Gasteiger charge is 2.30. The summed E-state index contributed by atoms with van der Waals surface area (Å²) in [6.45, 7) is 4.70. The van der Waals surface area contributed by atoms with Crippen molar-refractivity contribution in [3.63, 3.8) is 0 Å². The molecule has 21 heavy (non-hydrogen) atoms. The van der Waals surface area contributed by atoms with Crippen LogP contribution in [0.25, 0.3) is 10.1 Å². The van der Waals surface area contributed by atoms with E-state index in [1.165, 1.54) is 15.6 Å². The maximum Gasteiger partial charge on any atom is 0.225 e. The number of nitrogens with zero attached hydrogens (tertiary/aromatic N) is 1. The third kappa shape index (κ3) is 3.23. The van der Waals surface area contributed by atoms with Crippen LogP contribution in [0.15, 0.2) is 29.6 Å². The third-order valence-corrected chi connectivity index (χ3v) is 5.27. The number of amides is 1. The second-order valence-electron chi connectivity index (χ2n) is 5.66. The molecule has 1 unspecified atom stereocenters. The number of rotatable bonds is 4. The molecule has 1 aliphatic heterocycles. The van der Waals surface area contributed by atoms with E-state index < -0.39 is 0 Å². The molecule has 1 atom stereocenters. The summed E-state index contributed by atoms with van der Waals surface area (Å²) in [7, 11) is 1.91. The fourth-order valence-corrected chi connectivity index (χ4v) is 3.66. The topological polar surface area (TPSA) is 32.3 Å². The molecule has 3 nitrogen and oxygen atoms in total. The zero-order valence-electron chi connectivity index (χ0n) is 12.3. The van der Waals surface area contributed by atoms with Crippen LogP contribution in [0.1, 0.15) is 12.5 Å². The Morgan fingerprint density at radius 3 is 2.81 bits per heavy atom. The molecule has 1 N–H and O–H groups in total. The summed E-state index contributed by atoms with van der Waals surface area (Å²) in [5.41, 5.74) is 1.25. The van der Waals surface area contributed by atoms with Crippen LogP contribution < -0.4 is 5.32 Å². The van der Waals surface area contributed by atoms with Gasteiger partial charge in [0, 0.05) is 24.2 Å². The van der Waals surface area contributed by atoms with Crippen LogP contribution in [-0.4, -0.2) is 30.9 Å². The normalized spacial score (nSPS) is 16.1. The maximum atomic E-state index is 12.4. The molecule has 0 aliphatic carbocycles. The molecule has 114 valence electrons. The lowest BCUT2D eigenvalue weighted by atomic mass is 9.88. The average molecular weight is 325 g/mol. The van der Waals surface area contributed by atoms with E-state index in [9.17, 15) is 4.79 Å². The molecule has 2 aromatic rings. The molecule has 1 fully saturated rings. The Kier molecular flexibility index (Phi) is 5.25. The Bertz CT molecular complexity index is 624. The van der Waals surface area contributed by atoms with Crippen LogP contribution >= 0.6 is 23.7 Å². The first kappa shape index (κ1) is 16.3. The Labute approximate surface area is 135 Å². The van der Waals surface area contributed by atoms with Gasteiger partial charge in [-0.25, -0.2) is 0 Å². The van der Waals surface area contributed by atoms with Gasteiger partial charge in [0.2, 0.25) is 5.91 Å². The van der Waals surface area contributed by atoms with Crippen molar-refractivity contribution in [3.8, 4) is 0 Å². The van der Waals surface area contributed by atoms with Crippen molar-refractivity contribution < 1.29 is 4.79 Å². The van der Waals surface area contributed by atoms with Crippen molar-refractivity contribution in [1.82, 2.24) is 10.2 Å². The number of nitrogens with one attached hydrogen (secondary N) is 1. The summed E-state index contributed by atoms with van der Waals surface area (Å²) in [6.07, 6.45) is 0. The fourth-order valence-electron chi connectivity index (χ4n) is 2.70. The number of thiophene rings is 1. The first-order valence-electron chi connectivity index (χ1n) is 7.07. The van der Waals surface area contributed by atoms with Crippen molar-refractivity contribution >= 4 is 39.7 Å². The summed E-state index contributed by atoms with van der Waals surface area (Å²) in [6, 6.07) is 8.39. The smallest absolute Gasteiger partial charge is 0.225 e. The summed E-state index contributed by atoms with van der Waals surface area (Å²) in [4.78, 5) is 14.3. The zero-order chi connectivity index (χ0) is 14.1. The van der Waals surface area contributed by atoms with E-state index in [0.29, 0.717) is 12.5 Å². The predicted octanol–water partition coefficient (Wildman–Crippen LogP) is 3.14. The minimum absolute atomic E-state index is 0. The van der Waals surface area contributed by atoms with Gasteiger partial charge in [-0.15, -0.1) is 23.7 Å². The molecular formula is C16H21ClN2OS. The molecular weight excluding hydrogens is 304 g/mol. The van der Waals surface area contributed by atoms with E-state index in [1.54, 1.807) is 11.3 Å². The Hall–Kier alpha value is -1.10. The molecule has 0 saturated carbocycles. The molecule has 2 heterocycles. The van der Waals surface area contributed by atoms with E-state index in [4.69, 9.17) is 0 Å². The van der Waals surface area contributed by atoms with Crippen molar-refractivity contribution in [2.45, 2.75) is 13.5 Å². The number of carbonyl (C=O) groups is 1. The average Bonchev–Trinajstić information content (AvgIpc) is 2.79. The van der Waals surface area contributed by atoms with Crippen molar-refractivity contribution in [3.05, 3.63) is 35.2 Å². The lowest BCUT2D eigenvalue weighted by molar-refractivity contribution is -0.136. The Balaban J connectivity index is 0.00000161. The van der Waals surface area contributed by atoms with Gasteiger partial charge >= 0.3 is 0 Å². The van der Waals surface area contributed by atoms with Gasteiger partial charge in [0.15, 0.2) is 0 Å². The van der Waals surface area contributed by atoms with Gasteiger partial charge in [0.1, 0.15) is 0 Å². The molecule has 1 aliphatic rings. The molecule has 1 amide bonds. The summed E-state index contributed by atoms with van der Waals surface area (Å²) in [5, 5.41) is 6.68. The van der Waals surface area contributed by atoms with Crippen LogP contribution in [-0.2, 0) is 11.3 Å². The van der Waals surface area contributed by atoms with E-state index in [1.807, 2.05) is 11.9 Å². The number of benzene rings is 1. The minimum atomic E-state index is 0. The van der Waals surface area contributed by atoms with Crippen LogP contribution in [0.4, 0.5) is 0 Å². The standard InChI is InChI=1S/C16H20N2OS.ClH/c1-11(12-7-17-8-12)16(19)18(2)9-13-10-20-15-6-4-3-5-14(13)15;/h3-6,10-12,17H,7-9H2,1-2H3;1H.